The highest BCUT2D eigenvalue weighted by Crippen LogP contribution is 2.24. The maximum absolute atomic E-state index is 12.4. The minimum Gasteiger partial charge on any atom is -0.349 e. The molecule has 2 N–H and O–H groups in total. The van der Waals surface area contributed by atoms with E-state index in [2.05, 4.69) is 10.6 Å². The van der Waals surface area contributed by atoms with E-state index in [0.29, 0.717) is 11.3 Å². The molecule has 3 rings (SSSR count). The molecule has 2 amide bonds. The lowest BCUT2D eigenvalue weighted by Gasteiger charge is -2.08. The molecule has 1 aliphatic rings. The third-order valence-electron chi connectivity index (χ3n) is 3.70. The summed E-state index contributed by atoms with van der Waals surface area (Å²) in [6.07, 6.45) is 1.95. The fourth-order valence-electron chi connectivity index (χ4n) is 2.28. The van der Waals surface area contributed by atoms with E-state index in [1.54, 1.807) is 18.2 Å². The van der Waals surface area contributed by atoms with Crippen molar-refractivity contribution in [3.63, 3.8) is 0 Å². The van der Waals surface area contributed by atoms with Crippen LogP contribution in [-0.4, -0.2) is 22.8 Å². The molecule has 0 aliphatic heterocycles. The van der Waals surface area contributed by atoms with Crippen molar-refractivity contribution < 1.29 is 14.5 Å². The Bertz CT molecular complexity index is 865. The summed E-state index contributed by atoms with van der Waals surface area (Å²) in [6.45, 7) is 0. The molecule has 1 saturated carbocycles. The number of hydrogen-bond donors (Lipinski definition) is 2. The Morgan fingerprint density at radius 2 is 1.88 bits per heavy atom. The predicted molar refractivity (Wildman–Crippen MR) is 93.0 cm³/mol. The van der Waals surface area contributed by atoms with Crippen molar-refractivity contribution >= 4 is 34.8 Å². The quantitative estimate of drug-likeness (QED) is 0.631. The highest BCUT2D eigenvalue weighted by Gasteiger charge is 2.24. The van der Waals surface area contributed by atoms with Gasteiger partial charge in [0.1, 0.15) is 5.56 Å². The van der Waals surface area contributed by atoms with Crippen LogP contribution >= 0.6 is 11.6 Å². The van der Waals surface area contributed by atoms with E-state index in [9.17, 15) is 19.7 Å². The van der Waals surface area contributed by atoms with Gasteiger partial charge in [-0.2, -0.15) is 0 Å². The van der Waals surface area contributed by atoms with Crippen LogP contribution in [0.25, 0.3) is 0 Å². The van der Waals surface area contributed by atoms with Crippen molar-refractivity contribution in [2.45, 2.75) is 18.9 Å². The summed E-state index contributed by atoms with van der Waals surface area (Å²) in [5.74, 6) is -0.862. The number of rotatable bonds is 5. The third kappa shape index (κ3) is 4.13. The molecule has 0 unspecified atom stereocenters. The number of nitro groups is 1. The molecule has 7 nitrogen and oxygen atoms in total. The topological polar surface area (TPSA) is 101 Å². The minimum absolute atomic E-state index is 0.109. The zero-order valence-corrected chi connectivity index (χ0v) is 13.7. The SMILES string of the molecule is O=C(NC1CC1)c1cccc(NC(=O)c2ccc(Cl)cc2[N+](=O)[O-])c1. The summed E-state index contributed by atoms with van der Waals surface area (Å²) in [5.41, 5.74) is 0.294. The lowest BCUT2D eigenvalue weighted by Crippen LogP contribution is -2.25. The number of nitrogens with one attached hydrogen (secondary N) is 2. The Labute approximate surface area is 148 Å². The molecule has 2 aromatic rings. The first kappa shape index (κ1) is 16.9. The van der Waals surface area contributed by atoms with Gasteiger partial charge in [0.2, 0.25) is 0 Å². The van der Waals surface area contributed by atoms with Crippen LogP contribution in [0.2, 0.25) is 5.02 Å². The van der Waals surface area contributed by atoms with Crippen LogP contribution in [0.4, 0.5) is 11.4 Å². The monoisotopic (exact) mass is 359 g/mol. The first-order valence-electron chi connectivity index (χ1n) is 7.60. The van der Waals surface area contributed by atoms with Gasteiger partial charge in [0, 0.05) is 28.4 Å². The Hall–Kier alpha value is -2.93. The number of benzene rings is 2. The molecule has 8 heteroatoms. The first-order valence-corrected chi connectivity index (χ1v) is 7.98. The largest absolute Gasteiger partial charge is 0.349 e. The maximum Gasteiger partial charge on any atom is 0.283 e. The zero-order valence-electron chi connectivity index (χ0n) is 13.0. The molecule has 0 spiro atoms. The van der Waals surface area contributed by atoms with E-state index in [-0.39, 0.29) is 28.2 Å². The van der Waals surface area contributed by atoms with Gasteiger partial charge >= 0.3 is 0 Å². The first-order chi connectivity index (χ1) is 11.9. The van der Waals surface area contributed by atoms with Crippen LogP contribution in [0.5, 0.6) is 0 Å². The third-order valence-corrected chi connectivity index (χ3v) is 3.93. The molecule has 0 radical (unpaired) electrons. The minimum atomic E-state index is -0.666. The molecule has 0 aromatic heterocycles. The van der Waals surface area contributed by atoms with Gasteiger partial charge in [-0.05, 0) is 43.2 Å². The van der Waals surface area contributed by atoms with Gasteiger partial charge in [-0.25, -0.2) is 0 Å². The molecule has 0 atom stereocenters. The van der Waals surface area contributed by atoms with Gasteiger partial charge in [-0.3, -0.25) is 19.7 Å². The van der Waals surface area contributed by atoms with Crippen LogP contribution < -0.4 is 10.6 Å². The molecule has 0 bridgehead atoms. The highest BCUT2D eigenvalue weighted by molar-refractivity contribution is 6.31. The second-order valence-corrected chi connectivity index (χ2v) is 6.14. The smallest absolute Gasteiger partial charge is 0.283 e. The van der Waals surface area contributed by atoms with Crippen LogP contribution in [0, 0.1) is 10.1 Å². The maximum atomic E-state index is 12.4. The van der Waals surface area contributed by atoms with Gasteiger partial charge < -0.3 is 10.6 Å². The molecule has 25 heavy (non-hydrogen) atoms. The van der Waals surface area contributed by atoms with Crippen molar-refractivity contribution in [2.75, 3.05) is 5.32 Å². The van der Waals surface area contributed by atoms with Crippen molar-refractivity contribution in [3.8, 4) is 0 Å². The number of hydrogen-bond acceptors (Lipinski definition) is 4. The summed E-state index contributed by atoms with van der Waals surface area (Å²) in [6, 6.07) is 10.4. The summed E-state index contributed by atoms with van der Waals surface area (Å²) < 4.78 is 0. The van der Waals surface area contributed by atoms with Crippen molar-refractivity contribution in [2.24, 2.45) is 0 Å². The van der Waals surface area contributed by atoms with E-state index in [0.717, 1.165) is 18.9 Å². The lowest BCUT2D eigenvalue weighted by atomic mass is 10.1. The van der Waals surface area contributed by atoms with E-state index in [1.807, 2.05) is 0 Å². The number of nitro benzene ring substituents is 1. The molecule has 2 aromatic carbocycles. The Balaban J connectivity index is 1.79. The predicted octanol–water partition coefficient (Wildman–Crippen LogP) is 3.39. The Kier molecular flexibility index (Phi) is 4.67. The molecule has 0 saturated heterocycles. The van der Waals surface area contributed by atoms with Crippen molar-refractivity contribution in [1.82, 2.24) is 5.32 Å². The number of carbonyl (C=O) groups excluding carboxylic acids is 2. The van der Waals surface area contributed by atoms with Crippen LogP contribution in [-0.2, 0) is 0 Å². The standard InChI is InChI=1S/C17H14ClN3O4/c18-11-4-7-14(15(9-11)21(24)25)17(23)20-13-3-1-2-10(8-13)16(22)19-12-5-6-12/h1-4,7-9,12H,5-6H2,(H,19,22)(H,20,23). The molecule has 0 heterocycles. The molecule has 1 aliphatic carbocycles. The average molecular weight is 360 g/mol. The summed E-state index contributed by atoms with van der Waals surface area (Å²) in [5, 5.41) is 16.7. The summed E-state index contributed by atoms with van der Waals surface area (Å²) >= 11 is 5.75. The number of amides is 2. The molecular formula is C17H14ClN3O4. The van der Waals surface area contributed by atoms with Crippen LogP contribution in [0.15, 0.2) is 42.5 Å². The van der Waals surface area contributed by atoms with Crippen LogP contribution in [0.1, 0.15) is 33.6 Å². The van der Waals surface area contributed by atoms with E-state index in [4.69, 9.17) is 11.6 Å². The van der Waals surface area contributed by atoms with Crippen molar-refractivity contribution in [3.05, 3.63) is 68.7 Å². The summed E-state index contributed by atoms with van der Waals surface area (Å²) in [7, 11) is 0. The number of anilines is 1. The normalized spacial score (nSPS) is 13.2. The lowest BCUT2D eigenvalue weighted by molar-refractivity contribution is -0.385. The van der Waals surface area contributed by atoms with E-state index >= 15 is 0 Å². The van der Waals surface area contributed by atoms with E-state index < -0.39 is 10.8 Å². The Morgan fingerprint density at radius 3 is 2.56 bits per heavy atom. The fourth-order valence-corrected chi connectivity index (χ4v) is 2.45. The number of halogens is 1. The van der Waals surface area contributed by atoms with Crippen LogP contribution in [0.3, 0.4) is 0 Å². The van der Waals surface area contributed by atoms with Gasteiger partial charge in [0.05, 0.1) is 4.92 Å². The molecule has 1 fully saturated rings. The van der Waals surface area contributed by atoms with E-state index in [1.165, 1.54) is 18.2 Å². The molecule has 128 valence electrons. The highest BCUT2D eigenvalue weighted by atomic mass is 35.5. The van der Waals surface area contributed by atoms with Gasteiger partial charge in [0.25, 0.3) is 17.5 Å². The Morgan fingerprint density at radius 1 is 1.12 bits per heavy atom. The zero-order chi connectivity index (χ0) is 18.0. The average Bonchev–Trinajstić information content (AvgIpc) is 3.38. The van der Waals surface area contributed by atoms with Gasteiger partial charge in [-0.1, -0.05) is 17.7 Å². The number of nitrogens with zero attached hydrogens (tertiary/aromatic N) is 1. The number of carbonyl (C=O) groups is 2. The second-order valence-electron chi connectivity index (χ2n) is 5.70. The van der Waals surface area contributed by atoms with Gasteiger partial charge in [0.15, 0.2) is 0 Å². The van der Waals surface area contributed by atoms with Crippen molar-refractivity contribution in [1.29, 1.82) is 0 Å². The second kappa shape index (κ2) is 6.90. The summed E-state index contributed by atoms with van der Waals surface area (Å²) in [4.78, 5) is 34.8. The fraction of sp³-hybridized carbons (Fsp3) is 0.176. The van der Waals surface area contributed by atoms with Gasteiger partial charge in [-0.15, -0.1) is 0 Å². The molecular weight excluding hydrogens is 346 g/mol.